The molecule has 1 aliphatic rings. The molecular weight excluding hydrogens is 234 g/mol. The summed E-state index contributed by atoms with van der Waals surface area (Å²) in [6, 6.07) is 6.68. The minimum absolute atomic E-state index is 0.274. The third-order valence-electron chi connectivity index (χ3n) is 3.29. The van der Waals surface area contributed by atoms with E-state index in [0.717, 1.165) is 31.0 Å². The molecule has 0 saturated carbocycles. The van der Waals surface area contributed by atoms with Gasteiger partial charge in [0, 0.05) is 24.2 Å². The number of rotatable bonds is 5. The molecule has 2 atom stereocenters. The number of fused-ring (bicyclic) bond motifs is 1. The van der Waals surface area contributed by atoms with Gasteiger partial charge in [0.15, 0.2) is 0 Å². The van der Waals surface area contributed by atoms with Gasteiger partial charge in [0.2, 0.25) is 0 Å². The van der Waals surface area contributed by atoms with Crippen LogP contribution in [-0.2, 0) is 11.2 Å². The fraction of sp³-hybridized carbons (Fsp3) is 0.571. The first kappa shape index (κ1) is 12.9. The van der Waals surface area contributed by atoms with Gasteiger partial charge in [-0.05, 0) is 49.9 Å². The minimum atomic E-state index is 0.274. The summed E-state index contributed by atoms with van der Waals surface area (Å²) < 4.78 is 5.53. The summed E-state index contributed by atoms with van der Waals surface area (Å²) in [5.41, 5.74) is 2.79. The number of halogens is 1. The zero-order chi connectivity index (χ0) is 12.3. The van der Waals surface area contributed by atoms with Gasteiger partial charge in [0.1, 0.15) is 0 Å². The van der Waals surface area contributed by atoms with Crippen LogP contribution in [0.5, 0.6) is 0 Å². The lowest BCUT2D eigenvalue weighted by molar-refractivity contribution is 0.0739. The van der Waals surface area contributed by atoms with Crippen LogP contribution >= 0.6 is 11.6 Å². The number of hydrogen-bond acceptors (Lipinski definition) is 2. The van der Waals surface area contributed by atoms with Crippen molar-refractivity contribution in [3.8, 4) is 0 Å². The maximum absolute atomic E-state index is 6.00. The molecule has 0 saturated heterocycles. The molecule has 2 rings (SSSR count). The molecule has 0 spiro atoms. The summed E-state index contributed by atoms with van der Waals surface area (Å²) in [5, 5.41) is 4.41. The minimum Gasteiger partial charge on any atom is -0.377 e. The van der Waals surface area contributed by atoms with E-state index in [0.29, 0.717) is 6.04 Å². The zero-order valence-corrected chi connectivity index (χ0v) is 11.3. The van der Waals surface area contributed by atoms with Crippen molar-refractivity contribution in [1.29, 1.82) is 0 Å². The second-order valence-corrected chi connectivity index (χ2v) is 5.05. The summed E-state index contributed by atoms with van der Waals surface area (Å²) in [4.78, 5) is 0. The Bertz CT molecular complexity index is 380. The van der Waals surface area contributed by atoms with Gasteiger partial charge in [0.25, 0.3) is 0 Å². The van der Waals surface area contributed by atoms with Crippen molar-refractivity contribution >= 4 is 11.6 Å². The highest BCUT2D eigenvalue weighted by atomic mass is 35.5. The molecule has 2 nitrogen and oxygen atoms in total. The Labute approximate surface area is 108 Å². The lowest BCUT2D eigenvalue weighted by atomic mass is 10.1. The van der Waals surface area contributed by atoms with Gasteiger partial charge in [-0.15, -0.1) is 0 Å². The normalized spacial score (nSPS) is 20.3. The first-order chi connectivity index (χ1) is 8.20. The molecule has 0 amide bonds. The van der Waals surface area contributed by atoms with E-state index in [-0.39, 0.29) is 6.10 Å². The Morgan fingerprint density at radius 3 is 3.12 bits per heavy atom. The van der Waals surface area contributed by atoms with Crippen molar-refractivity contribution in [2.75, 3.05) is 13.2 Å². The van der Waals surface area contributed by atoms with Crippen molar-refractivity contribution in [2.24, 2.45) is 0 Å². The first-order valence-electron chi connectivity index (χ1n) is 6.34. The van der Waals surface area contributed by atoms with Gasteiger partial charge in [-0.3, -0.25) is 0 Å². The third kappa shape index (κ3) is 3.21. The highest BCUT2D eigenvalue weighted by molar-refractivity contribution is 6.30. The molecule has 0 radical (unpaired) electrons. The molecule has 17 heavy (non-hydrogen) atoms. The summed E-state index contributed by atoms with van der Waals surface area (Å²) in [6.07, 6.45) is 2.56. The molecule has 1 aliphatic carbocycles. The fourth-order valence-electron chi connectivity index (χ4n) is 2.45. The van der Waals surface area contributed by atoms with Gasteiger partial charge in [-0.2, -0.15) is 0 Å². The molecule has 0 aromatic heterocycles. The predicted octanol–water partition coefficient (Wildman–Crippen LogP) is 3.34. The number of nitrogens with one attached hydrogen (secondary N) is 1. The highest BCUT2D eigenvalue weighted by Gasteiger charge is 2.22. The maximum Gasteiger partial charge on any atom is 0.0671 e. The van der Waals surface area contributed by atoms with Crippen molar-refractivity contribution in [1.82, 2.24) is 5.32 Å². The van der Waals surface area contributed by atoms with Crippen molar-refractivity contribution in [3.63, 3.8) is 0 Å². The van der Waals surface area contributed by atoms with Crippen LogP contribution < -0.4 is 5.32 Å². The van der Waals surface area contributed by atoms with Gasteiger partial charge in [-0.1, -0.05) is 17.7 Å². The molecule has 1 N–H and O–H groups in total. The Balaban J connectivity index is 1.93. The maximum atomic E-state index is 6.00. The lowest BCUT2D eigenvalue weighted by Gasteiger charge is -2.18. The monoisotopic (exact) mass is 253 g/mol. The molecule has 0 heterocycles. The first-order valence-corrected chi connectivity index (χ1v) is 6.71. The molecule has 0 fully saturated rings. The number of aryl methyl sites for hydroxylation is 1. The van der Waals surface area contributed by atoms with Gasteiger partial charge < -0.3 is 10.1 Å². The quantitative estimate of drug-likeness (QED) is 0.869. The Morgan fingerprint density at radius 2 is 2.35 bits per heavy atom. The number of benzene rings is 1. The SMILES string of the molecule is CCOC(C)CNC1CCc2cc(Cl)ccc21. The second-order valence-electron chi connectivity index (χ2n) is 4.61. The highest BCUT2D eigenvalue weighted by Crippen LogP contribution is 2.32. The van der Waals surface area contributed by atoms with E-state index in [2.05, 4.69) is 24.4 Å². The average molecular weight is 254 g/mol. The van der Waals surface area contributed by atoms with Crippen molar-refractivity contribution in [2.45, 2.75) is 38.8 Å². The van der Waals surface area contributed by atoms with Crippen LogP contribution in [0.3, 0.4) is 0 Å². The van der Waals surface area contributed by atoms with E-state index < -0.39 is 0 Å². The molecule has 2 unspecified atom stereocenters. The van der Waals surface area contributed by atoms with E-state index in [1.54, 1.807) is 0 Å². The molecule has 1 aromatic rings. The smallest absolute Gasteiger partial charge is 0.0671 e. The predicted molar refractivity (Wildman–Crippen MR) is 71.6 cm³/mol. The fourth-order valence-corrected chi connectivity index (χ4v) is 2.64. The number of hydrogen-bond donors (Lipinski definition) is 1. The molecular formula is C14H20ClNO. The van der Waals surface area contributed by atoms with Crippen molar-refractivity contribution < 1.29 is 4.74 Å². The summed E-state index contributed by atoms with van der Waals surface area (Å²) in [7, 11) is 0. The zero-order valence-electron chi connectivity index (χ0n) is 10.5. The molecule has 0 bridgehead atoms. The Hall–Kier alpha value is -0.570. The molecule has 0 aliphatic heterocycles. The van der Waals surface area contributed by atoms with Crippen LogP contribution in [-0.4, -0.2) is 19.3 Å². The van der Waals surface area contributed by atoms with Gasteiger partial charge >= 0.3 is 0 Å². The summed E-state index contributed by atoms with van der Waals surface area (Å²) in [6.45, 7) is 5.82. The van der Waals surface area contributed by atoms with Crippen LogP contribution in [0.25, 0.3) is 0 Å². The Kier molecular flexibility index (Phi) is 4.43. The summed E-state index contributed by atoms with van der Waals surface area (Å²) in [5.74, 6) is 0. The van der Waals surface area contributed by atoms with Crippen LogP contribution in [0.15, 0.2) is 18.2 Å². The van der Waals surface area contributed by atoms with E-state index in [9.17, 15) is 0 Å². The van der Waals surface area contributed by atoms with Crippen molar-refractivity contribution in [3.05, 3.63) is 34.3 Å². The Morgan fingerprint density at radius 1 is 1.53 bits per heavy atom. The molecule has 3 heteroatoms. The topological polar surface area (TPSA) is 21.3 Å². The van der Waals surface area contributed by atoms with Crippen LogP contribution in [0.4, 0.5) is 0 Å². The molecule has 1 aromatic carbocycles. The van der Waals surface area contributed by atoms with E-state index >= 15 is 0 Å². The van der Waals surface area contributed by atoms with E-state index in [4.69, 9.17) is 16.3 Å². The van der Waals surface area contributed by atoms with E-state index in [1.165, 1.54) is 11.1 Å². The van der Waals surface area contributed by atoms with Crippen LogP contribution in [0.1, 0.15) is 37.4 Å². The van der Waals surface area contributed by atoms with Gasteiger partial charge in [-0.25, -0.2) is 0 Å². The van der Waals surface area contributed by atoms with Gasteiger partial charge in [0.05, 0.1) is 6.10 Å². The van der Waals surface area contributed by atoms with E-state index in [1.807, 2.05) is 13.0 Å². The lowest BCUT2D eigenvalue weighted by Crippen LogP contribution is -2.29. The van der Waals surface area contributed by atoms with Crippen LogP contribution in [0.2, 0.25) is 5.02 Å². The summed E-state index contributed by atoms with van der Waals surface area (Å²) >= 11 is 6.00. The second kappa shape index (κ2) is 5.85. The average Bonchev–Trinajstić information content (AvgIpc) is 2.69. The standard InChI is InChI=1S/C14H20ClNO/c1-3-17-10(2)9-16-14-7-4-11-8-12(15)5-6-13(11)14/h5-6,8,10,14,16H,3-4,7,9H2,1-2H3. The largest absolute Gasteiger partial charge is 0.377 e. The third-order valence-corrected chi connectivity index (χ3v) is 3.52. The molecule has 94 valence electrons. The van der Waals surface area contributed by atoms with Crippen LogP contribution in [0, 0.1) is 0 Å². The number of ether oxygens (including phenoxy) is 1.